The SMILES string of the molecule is COc1cc(OC)cc(C(=O)OOOC(=O)OCCCCCCCCCCCCOC(=O)OOOC(=O)c2cc(OC)cc(OC)c2)c1. The maximum absolute atomic E-state index is 12.0. The fourth-order valence-corrected chi connectivity index (χ4v) is 4.08. The molecule has 2 rings (SSSR count). The third-order valence-corrected chi connectivity index (χ3v) is 6.58. The molecule has 0 bridgehead atoms. The molecule has 0 saturated heterocycles. The topological polar surface area (TPSA) is 179 Å². The van der Waals surface area contributed by atoms with Crippen LogP contribution in [0.5, 0.6) is 23.0 Å². The molecule has 0 saturated carbocycles. The molecule has 16 nitrogen and oxygen atoms in total. The number of hydrogen-bond acceptors (Lipinski definition) is 16. The predicted molar refractivity (Wildman–Crippen MR) is 163 cm³/mol. The average molecular weight is 683 g/mol. The lowest BCUT2D eigenvalue weighted by molar-refractivity contribution is -0.452. The summed E-state index contributed by atoms with van der Waals surface area (Å²) in [6.07, 6.45) is 6.97. The number of ether oxygens (including phenoxy) is 6. The lowest BCUT2D eigenvalue weighted by Crippen LogP contribution is -2.13. The second-order valence-corrected chi connectivity index (χ2v) is 9.98. The van der Waals surface area contributed by atoms with E-state index in [0.717, 1.165) is 51.4 Å². The van der Waals surface area contributed by atoms with Gasteiger partial charge in [-0.2, -0.15) is 0 Å². The van der Waals surface area contributed by atoms with Crippen molar-refractivity contribution in [2.24, 2.45) is 0 Å². The highest BCUT2D eigenvalue weighted by Gasteiger charge is 2.16. The van der Waals surface area contributed by atoms with Crippen LogP contribution in [0.1, 0.15) is 84.9 Å². The molecule has 0 amide bonds. The Bertz CT molecular complexity index is 1140. The quantitative estimate of drug-likeness (QED) is 0.0526. The minimum Gasteiger partial charge on any atom is -0.497 e. The van der Waals surface area contributed by atoms with Crippen molar-refractivity contribution in [1.82, 2.24) is 0 Å². The van der Waals surface area contributed by atoms with Gasteiger partial charge in [0.25, 0.3) is 0 Å². The molecule has 48 heavy (non-hydrogen) atoms. The summed E-state index contributed by atoms with van der Waals surface area (Å²) in [5.41, 5.74) is 0.132. The van der Waals surface area contributed by atoms with Gasteiger partial charge in [0.2, 0.25) is 0 Å². The second kappa shape index (κ2) is 23.4. The highest BCUT2D eigenvalue weighted by atomic mass is 17.5. The van der Waals surface area contributed by atoms with Gasteiger partial charge < -0.3 is 28.4 Å². The fourth-order valence-electron chi connectivity index (χ4n) is 4.08. The van der Waals surface area contributed by atoms with E-state index in [1.165, 1.54) is 52.7 Å². The molecule has 2 aromatic rings. The molecule has 0 aliphatic heterocycles. The van der Waals surface area contributed by atoms with Crippen LogP contribution in [0, 0.1) is 0 Å². The monoisotopic (exact) mass is 682 g/mol. The van der Waals surface area contributed by atoms with E-state index >= 15 is 0 Å². The molecule has 0 spiro atoms. The number of hydrogen-bond donors (Lipinski definition) is 0. The van der Waals surface area contributed by atoms with E-state index in [4.69, 9.17) is 28.4 Å². The van der Waals surface area contributed by atoms with Gasteiger partial charge in [0.1, 0.15) is 23.0 Å². The molecule has 0 aliphatic rings. The number of carbonyl (C=O) groups excluding carboxylic acids is 4. The number of methoxy groups -OCH3 is 4. The number of unbranched alkanes of at least 4 members (excludes halogenated alkanes) is 9. The van der Waals surface area contributed by atoms with Crippen molar-refractivity contribution >= 4 is 24.2 Å². The van der Waals surface area contributed by atoms with Crippen molar-refractivity contribution in [3.8, 4) is 23.0 Å². The first-order valence-electron chi connectivity index (χ1n) is 15.2. The van der Waals surface area contributed by atoms with Crippen LogP contribution < -0.4 is 18.9 Å². The van der Waals surface area contributed by atoms with Gasteiger partial charge in [-0.3, -0.25) is 9.78 Å². The molecule has 2 aromatic carbocycles. The second-order valence-electron chi connectivity index (χ2n) is 9.98. The van der Waals surface area contributed by atoms with Crippen LogP contribution in [-0.2, 0) is 39.1 Å². The lowest BCUT2D eigenvalue weighted by atomic mass is 10.1. The summed E-state index contributed by atoms with van der Waals surface area (Å²) < 4.78 is 30.0. The van der Waals surface area contributed by atoms with Gasteiger partial charge >= 0.3 is 24.2 Å². The van der Waals surface area contributed by atoms with E-state index < -0.39 is 24.2 Å². The molecule has 0 heterocycles. The summed E-state index contributed by atoms with van der Waals surface area (Å²) in [5, 5.41) is 8.44. The zero-order chi connectivity index (χ0) is 35.0. The van der Waals surface area contributed by atoms with Crippen molar-refractivity contribution in [2.75, 3.05) is 41.7 Å². The van der Waals surface area contributed by atoms with E-state index in [2.05, 4.69) is 29.6 Å². The molecular weight excluding hydrogens is 640 g/mol. The molecule has 0 atom stereocenters. The van der Waals surface area contributed by atoms with Crippen molar-refractivity contribution in [2.45, 2.75) is 64.2 Å². The van der Waals surface area contributed by atoms with Crippen molar-refractivity contribution in [3.63, 3.8) is 0 Å². The smallest absolute Gasteiger partial charge is 0.497 e. The zero-order valence-corrected chi connectivity index (χ0v) is 27.5. The Kier molecular flexibility index (Phi) is 19.1. The normalized spacial score (nSPS) is 10.3. The Balaban J connectivity index is 1.37. The lowest BCUT2D eigenvalue weighted by Gasteiger charge is -2.07. The molecular formula is C32H42O16. The van der Waals surface area contributed by atoms with Crippen molar-refractivity contribution in [3.05, 3.63) is 47.5 Å². The van der Waals surface area contributed by atoms with Gasteiger partial charge in [0.05, 0.1) is 62.9 Å². The largest absolute Gasteiger partial charge is 0.543 e. The summed E-state index contributed by atoms with van der Waals surface area (Å²) in [4.78, 5) is 64.7. The molecule has 0 radical (unpaired) electrons. The number of benzene rings is 2. The minimum absolute atomic E-state index is 0.0662. The Hall–Kier alpha value is -4.96. The summed E-state index contributed by atoms with van der Waals surface area (Å²) in [7, 11) is 5.72. The van der Waals surface area contributed by atoms with Gasteiger partial charge in [-0.1, -0.05) is 51.4 Å². The van der Waals surface area contributed by atoms with Crippen LogP contribution >= 0.6 is 0 Å². The van der Waals surface area contributed by atoms with Crippen molar-refractivity contribution < 1.29 is 77.2 Å². The molecule has 0 aliphatic carbocycles. The van der Waals surface area contributed by atoms with E-state index in [-0.39, 0.29) is 24.3 Å². The first-order chi connectivity index (χ1) is 23.3. The first kappa shape index (κ1) is 39.2. The molecule has 0 N–H and O–H groups in total. The van der Waals surface area contributed by atoms with Gasteiger partial charge in [-0.05, 0) is 37.1 Å². The van der Waals surface area contributed by atoms with Crippen LogP contribution in [-0.4, -0.2) is 65.9 Å². The van der Waals surface area contributed by atoms with Crippen LogP contribution in [0.4, 0.5) is 9.59 Å². The van der Waals surface area contributed by atoms with Gasteiger partial charge in [0, 0.05) is 12.1 Å². The van der Waals surface area contributed by atoms with Crippen LogP contribution in [0.2, 0.25) is 0 Å². The number of carbonyl (C=O) groups is 4. The van der Waals surface area contributed by atoms with Gasteiger partial charge in [-0.25, -0.2) is 29.0 Å². The maximum Gasteiger partial charge on any atom is 0.543 e. The highest BCUT2D eigenvalue weighted by molar-refractivity contribution is 5.90. The standard InChI is InChI=1S/C32H42O16/c1-37-25-17-23(18-26(21-25)38-2)29(33)43-47-45-31(35)41-15-13-11-9-7-5-6-8-10-12-14-16-42-32(36)46-48-44-30(34)24-19-27(39-3)22-28(20-24)40-4/h17-22H,5-16H2,1-4H3. The summed E-state index contributed by atoms with van der Waals surface area (Å²) in [6.45, 7) is 0.268. The van der Waals surface area contributed by atoms with Crippen LogP contribution in [0.3, 0.4) is 0 Å². The summed E-state index contributed by atoms with van der Waals surface area (Å²) >= 11 is 0. The maximum atomic E-state index is 12.0. The summed E-state index contributed by atoms with van der Waals surface area (Å²) in [6, 6.07) is 8.75. The van der Waals surface area contributed by atoms with Gasteiger partial charge in [0.15, 0.2) is 0 Å². The molecule has 16 heteroatoms. The van der Waals surface area contributed by atoms with E-state index in [0.29, 0.717) is 35.8 Å². The third-order valence-electron chi connectivity index (χ3n) is 6.58. The van der Waals surface area contributed by atoms with E-state index in [1.54, 1.807) is 12.1 Å². The highest BCUT2D eigenvalue weighted by Crippen LogP contribution is 2.24. The number of rotatable bonds is 23. The molecule has 266 valence electrons. The molecule has 0 aromatic heterocycles. The van der Waals surface area contributed by atoms with E-state index in [9.17, 15) is 19.2 Å². The van der Waals surface area contributed by atoms with E-state index in [1.807, 2.05) is 0 Å². The average Bonchev–Trinajstić information content (AvgIpc) is 3.10. The van der Waals surface area contributed by atoms with Crippen LogP contribution in [0.25, 0.3) is 0 Å². The van der Waals surface area contributed by atoms with Crippen molar-refractivity contribution in [1.29, 1.82) is 0 Å². The Morgan fingerprint density at radius 1 is 0.417 bits per heavy atom. The Morgan fingerprint density at radius 2 is 0.708 bits per heavy atom. The minimum atomic E-state index is -1.13. The first-order valence-corrected chi connectivity index (χ1v) is 15.2. The molecule has 0 fully saturated rings. The predicted octanol–water partition coefficient (Wildman–Crippen LogP) is 6.64. The summed E-state index contributed by atoms with van der Waals surface area (Å²) in [5.74, 6) is -0.373. The molecule has 0 unspecified atom stereocenters. The zero-order valence-electron chi connectivity index (χ0n) is 27.5. The fraction of sp³-hybridized carbons (Fsp3) is 0.500. The van der Waals surface area contributed by atoms with Gasteiger partial charge in [-0.15, -0.1) is 0 Å². The Morgan fingerprint density at radius 3 is 1.00 bits per heavy atom. The van der Waals surface area contributed by atoms with Crippen LogP contribution in [0.15, 0.2) is 36.4 Å². The Labute approximate surface area is 278 Å². The third kappa shape index (κ3) is 16.0.